The molecule has 0 radical (unpaired) electrons. The zero-order valence-electron chi connectivity index (χ0n) is 11.3. The van der Waals surface area contributed by atoms with Gasteiger partial charge in [-0.05, 0) is 31.0 Å². The number of amides is 1. The Hall–Kier alpha value is -1.59. The summed E-state index contributed by atoms with van der Waals surface area (Å²) in [6.45, 7) is 3.01. The van der Waals surface area contributed by atoms with E-state index in [0.29, 0.717) is 24.6 Å². The fourth-order valence-electron chi connectivity index (χ4n) is 2.27. The molecule has 1 amide bonds. The van der Waals surface area contributed by atoms with E-state index in [2.05, 4.69) is 5.32 Å². The maximum Gasteiger partial charge on any atom is 0.230 e. The molecule has 19 heavy (non-hydrogen) atoms. The Labute approximate surface area is 113 Å². The number of carbonyl (C=O) groups excluding carboxylic acids is 1. The molecule has 1 aromatic carbocycles. The Morgan fingerprint density at radius 3 is 2.95 bits per heavy atom. The Bertz CT molecular complexity index is 462. The van der Waals surface area contributed by atoms with Gasteiger partial charge in [0.1, 0.15) is 5.75 Å². The van der Waals surface area contributed by atoms with Crippen molar-refractivity contribution >= 4 is 11.6 Å². The third kappa shape index (κ3) is 3.05. The highest BCUT2D eigenvalue weighted by Crippen LogP contribution is 2.28. The van der Waals surface area contributed by atoms with Crippen LogP contribution in [0.4, 0.5) is 5.69 Å². The molecule has 1 aliphatic heterocycles. The first-order chi connectivity index (χ1) is 9.15. The van der Waals surface area contributed by atoms with Gasteiger partial charge in [0, 0.05) is 13.2 Å². The molecule has 0 aliphatic carbocycles. The summed E-state index contributed by atoms with van der Waals surface area (Å²) >= 11 is 0. The number of carbonyl (C=O) groups is 1. The summed E-state index contributed by atoms with van der Waals surface area (Å²) < 4.78 is 10.7. The Kier molecular flexibility index (Phi) is 4.39. The first kappa shape index (κ1) is 13.8. The van der Waals surface area contributed by atoms with Crippen LogP contribution in [-0.2, 0) is 16.1 Å². The minimum atomic E-state index is -0.0982. The molecule has 5 nitrogen and oxygen atoms in total. The van der Waals surface area contributed by atoms with E-state index in [0.717, 1.165) is 12.0 Å². The quantitative estimate of drug-likeness (QED) is 0.864. The van der Waals surface area contributed by atoms with Crippen LogP contribution < -0.4 is 15.8 Å². The zero-order chi connectivity index (χ0) is 13.8. The molecule has 1 aliphatic rings. The fourth-order valence-corrected chi connectivity index (χ4v) is 2.27. The molecule has 1 fully saturated rings. The van der Waals surface area contributed by atoms with Crippen LogP contribution in [0.15, 0.2) is 18.2 Å². The maximum atomic E-state index is 12.2. The topological polar surface area (TPSA) is 73.6 Å². The molecule has 0 bridgehead atoms. The van der Waals surface area contributed by atoms with Gasteiger partial charge in [0.25, 0.3) is 0 Å². The third-order valence-corrected chi connectivity index (χ3v) is 3.47. The molecule has 0 spiro atoms. The predicted molar refractivity (Wildman–Crippen MR) is 73.0 cm³/mol. The molecule has 3 N–H and O–H groups in total. The van der Waals surface area contributed by atoms with E-state index in [9.17, 15) is 4.79 Å². The molecule has 0 aromatic heterocycles. The van der Waals surface area contributed by atoms with Gasteiger partial charge in [0.05, 0.1) is 24.8 Å². The summed E-state index contributed by atoms with van der Waals surface area (Å²) in [5.74, 6) is 0.505. The normalized spacial score (nSPS) is 22.3. The maximum absolute atomic E-state index is 12.2. The van der Waals surface area contributed by atoms with Gasteiger partial charge in [0.2, 0.25) is 5.91 Å². The molecule has 1 heterocycles. The average molecular weight is 264 g/mol. The number of hydrogen-bond donors (Lipinski definition) is 2. The van der Waals surface area contributed by atoms with Crippen molar-refractivity contribution in [2.75, 3.05) is 19.0 Å². The Morgan fingerprint density at radius 2 is 2.37 bits per heavy atom. The second-order valence-corrected chi connectivity index (χ2v) is 4.70. The van der Waals surface area contributed by atoms with Gasteiger partial charge in [-0.1, -0.05) is 6.07 Å². The van der Waals surface area contributed by atoms with Crippen molar-refractivity contribution in [3.8, 4) is 5.75 Å². The lowest BCUT2D eigenvalue weighted by Crippen LogP contribution is -2.27. The minimum absolute atomic E-state index is 0.0243. The summed E-state index contributed by atoms with van der Waals surface area (Å²) in [6, 6.07) is 5.54. The van der Waals surface area contributed by atoms with Gasteiger partial charge in [-0.15, -0.1) is 0 Å². The van der Waals surface area contributed by atoms with Crippen molar-refractivity contribution in [2.45, 2.75) is 26.0 Å². The Morgan fingerprint density at radius 1 is 1.58 bits per heavy atom. The highest BCUT2D eigenvalue weighted by molar-refractivity contribution is 5.94. The van der Waals surface area contributed by atoms with Gasteiger partial charge in [0.15, 0.2) is 0 Å². The summed E-state index contributed by atoms with van der Waals surface area (Å²) in [5, 5.41) is 2.90. The van der Waals surface area contributed by atoms with Gasteiger partial charge in [-0.3, -0.25) is 4.79 Å². The smallest absolute Gasteiger partial charge is 0.230 e. The number of ether oxygens (including phenoxy) is 2. The number of methoxy groups -OCH3 is 1. The van der Waals surface area contributed by atoms with Crippen molar-refractivity contribution in [1.82, 2.24) is 0 Å². The van der Waals surface area contributed by atoms with Crippen LogP contribution in [0.25, 0.3) is 0 Å². The van der Waals surface area contributed by atoms with Crippen LogP contribution in [-0.4, -0.2) is 25.7 Å². The lowest BCUT2D eigenvalue weighted by molar-refractivity contribution is -0.121. The van der Waals surface area contributed by atoms with Gasteiger partial charge >= 0.3 is 0 Å². The van der Waals surface area contributed by atoms with Crippen molar-refractivity contribution < 1.29 is 14.3 Å². The molecule has 1 aromatic rings. The number of nitrogens with two attached hydrogens (primary N) is 1. The standard InChI is InChI=1S/C14H20N2O3/c1-9-11(5-6-19-9)14(17)16-12-4-3-10(8-15)7-13(12)18-2/h3-4,7,9,11H,5-6,8,15H2,1-2H3,(H,16,17). The highest BCUT2D eigenvalue weighted by Gasteiger charge is 2.31. The van der Waals surface area contributed by atoms with Gasteiger partial charge < -0.3 is 20.5 Å². The molecule has 2 rings (SSSR count). The molecule has 104 valence electrons. The minimum Gasteiger partial charge on any atom is -0.495 e. The number of benzene rings is 1. The summed E-state index contributed by atoms with van der Waals surface area (Å²) in [7, 11) is 1.58. The van der Waals surface area contributed by atoms with Crippen molar-refractivity contribution in [2.24, 2.45) is 11.7 Å². The number of nitrogens with one attached hydrogen (secondary N) is 1. The fraction of sp³-hybridized carbons (Fsp3) is 0.500. The summed E-state index contributed by atoms with van der Waals surface area (Å²) in [5.41, 5.74) is 7.22. The van der Waals surface area contributed by atoms with E-state index >= 15 is 0 Å². The number of hydrogen-bond acceptors (Lipinski definition) is 4. The number of rotatable bonds is 4. The van der Waals surface area contributed by atoms with Crippen LogP contribution in [0.3, 0.4) is 0 Å². The van der Waals surface area contributed by atoms with E-state index in [1.54, 1.807) is 7.11 Å². The molecule has 5 heteroatoms. The van der Waals surface area contributed by atoms with E-state index in [1.165, 1.54) is 0 Å². The monoisotopic (exact) mass is 264 g/mol. The van der Waals surface area contributed by atoms with E-state index in [-0.39, 0.29) is 17.9 Å². The van der Waals surface area contributed by atoms with Crippen LogP contribution in [0.2, 0.25) is 0 Å². The van der Waals surface area contributed by atoms with Crippen molar-refractivity contribution in [3.05, 3.63) is 23.8 Å². The van der Waals surface area contributed by atoms with Crippen molar-refractivity contribution in [3.63, 3.8) is 0 Å². The van der Waals surface area contributed by atoms with E-state index in [1.807, 2.05) is 25.1 Å². The number of anilines is 1. The first-order valence-electron chi connectivity index (χ1n) is 6.45. The molecular formula is C14H20N2O3. The van der Waals surface area contributed by atoms with Crippen LogP contribution >= 0.6 is 0 Å². The zero-order valence-corrected chi connectivity index (χ0v) is 11.3. The van der Waals surface area contributed by atoms with E-state index < -0.39 is 0 Å². The Balaban J connectivity index is 2.12. The van der Waals surface area contributed by atoms with Crippen molar-refractivity contribution in [1.29, 1.82) is 0 Å². The first-order valence-corrected chi connectivity index (χ1v) is 6.45. The summed E-state index contributed by atoms with van der Waals surface area (Å²) in [6.07, 6.45) is 0.727. The highest BCUT2D eigenvalue weighted by atomic mass is 16.5. The second-order valence-electron chi connectivity index (χ2n) is 4.70. The van der Waals surface area contributed by atoms with E-state index in [4.69, 9.17) is 15.2 Å². The largest absolute Gasteiger partial charge is 0.495 e. The van der Waals surface area contributed by atoms with Crippen LogP contribution in [0.5, 0.6) is 5.75 Å². The van der Waals surface area contributed by atoms with Gasteiger partial charge in [-0.2, -0.15) is 0 Å². The second kappa shape index (κ2) is 6.04. The molecule has 2 unspecified atom stereocenters. The van der Waals surface area contributed by atoms with Crippen LogP contribution in [0.1, 0.15) is 18.9 Å². The lowest BCUT2D eigenvalue weighted by atomic mass is 10.0. The third-order valence-electron chi connectivity index (χ3n) is 3.47. The lowest BCUT2D eigenvalue weighted by Gasteiger charge is -2.16. The predicted octanol–water partition coefficient (Wildman–Crippen LogP) is 1.52. The molecule has 2 atom stereocenters. The molecule has 0 saturated carbocycles. The SMILES string of the molecule is COc1cc(CN)ccc1NC(=O)C1CCOC1C. The molecule has 1 saturated heterocycles. The van der Waals surface area contributed by atoms with Crippen LogP contribution in [0, 0.1) is 5.92 Å². The summed E-state index contributed by atoms with van der Waals surface area (Å²) in [4.78, 5) is 12.2. The average Bonchev–Trinajstić information content (AvgIpc) is 2.85. The molecular weight excluding hydrogens is 244 g/mol. The van der Waals surface area contributed by atoms with Gasteiger partial charge in [-0.25, -0.2) is 0 Å².